The maximum Gasteiger partial charge on any atom is 0.243 e. The van der Waals surface area contributed by atoms with Crippen LogP contribution in [-0.2, 0) is 14.8 Å². The molecular formula is C16H18F2N2O4S. The van der Waals surface area contributed by atoms with Crippen LogP contribution in [0.15, 0.2) is 45.9 Å². The summed E-state index contributed by atoms with van der Waals surface area (Å²) in [4.78, 5) is 1.31. The third-order valence-corrected chi connectivity index (χ3v) is 5.45. The van der Waals surface area contributed by atoms with Crippen molar-refractivity contribution in [3.05, 3.63) is 54.0 Å². The van der Waals surface area contributed by atoms with Crippen molar-refractivity contribution in [2.24, 2.45) is 0 Å². The van der Waals surface area contributed by atoms with Gasteiger partial charge in [-0.25, -0.2) is 21.9 Å². The van der Waals surface area contributed by atoms with E-state index in [0.29, 0.717) is 38.1 Å². The van der Waals surface area contributed by atoms with Crippen LogP contribution in [0.25, 0.3) is 0 Å². The van der Waals surface area contributed by atoms with E-state index in [1.54, 1.807) is 12.1 Å². The summed E-state index contributed by atoms with van der Waals surface area (Å²) in [6.07, 6.45) is 1.50. The Bertz CT molecular complexity index is 806. The highest BCUT2D eigenvalue weighted by Gasteiger charge is 2.28. The first-order chi connectivity index (χ1) is 12.0. The van der Waals surface area contributed by atoms with E-state index in [-0.39, 0.29) is 12.6 Å². The molecule has 0 spiro atoms. The van der Waals surface area contributed by atoms with E-state index < -0.39 is 26.6 Å². The molecule has 0 aliphatic carbocycles. The van der Waals surface area contributed by atoms with E-state index in [1.807, 2.05) is 4.90 Å². The van der Waals surface area contributed by atoms with Crippen LogP contribution in [0.5, 0.6) is 0 Å². The van der Waals surface area contributed by atoms with Crippen LogP contribution in [0.4, 0.5) is 8.78 Å². The van der Waals surface area contributed by atoms with Crippen LogP contribution >= 0.6 is 0 Å². The topological polar surface area (TPSA) is 71.8 Å². The van der Waals surface area contributed by atoms with Crippen molar-refractivity contribution in [1.82, 2.24) is 9.62 Å². The highest BCUT2D eigenvalue weighted by atomic mass is 32.2. The number of rotatable bonds is 6. The van der Waals surface area contributed by atoms with Gasteiger partial charge in [-0.15, -0.1) is 0 Å². The Kier molecular flexibility index (Phi) is 5.48. The molecular weight excluding hydrogens is 354 g/mol. The Morgan fingerprint density at radius 1 is 1.20 bits per heavy atom. The lowest BCUT2D eigenvalue weighted by molar-refractivity contribution is 0.0128. The molecule has 9 heteroatoms. The maximum atomic E-state index is 13.8. The summed E-state index contributed by atoms with van der Waals surface area (Å²) in [6.45, 7) is 2.25. The summed E-state index contributed by atoms with van der Waals surface area (Å²) in [5.74, 6) is -1.24. The number of hydrogen-bond acceptors (Lipinski definition) is 5. The summed E-state index contributed by atoms with van der Waals surface area (Å²) < 4.78 is 64.9. The molecule has 1 aromatic carbocycles. The summed E-state index contributed by atoms with van der Waals surface area (Å²) in [6, 6.07) is 5.41. The number of hydrogen-bond donors (Lipinski definition) is 1. The van der Waals surface area contributed by atoms with Crippen molar-refractivity contribution in [1.29, 1.82) is 0 Å². The van der Waals surface area contributed by atoms with E-state index >= 15 is 0 Å². The molecule has 0 radical (unpaired) electrons. The van der Waals surface area contributed by atoms with Gasteiger partial charge in [-0.1, -0.05) is 0 Å². The normalized spacial score (nSPS) is 17.5. The molecule has 136 valence electrons. The number of morpholine rings is 1. The zero-order valence-electron chi connectivity index (χ0n) is 13.3. The predicted molar refractivity (Wildman–Crippen MR) is 85.4 cm³/mol. The lowest BCUT2D eigenvalue weighted by Gasteiger charge is -2.33. The molecule has 1 atom stereocenters. The average Bonchev–Trinajstić information content (AvgIpc) is 3.12. The second kappa shape index (κ2) is 7.61. The lowest BCUT2D eigenvalue weighted by Crippen LogP contribution is -2.43. The Labute approximate surface area is 144 Å². The number of ether oxygens (including phenoxy) is 1. The zero-order chi connectivity index (χ0) is 17.9. The summed E-state index contributed by atoms with van der Waals surface area (Å²) in [7, 11) is -4.20. The molecule has 0 amide bonds. The van der Waals surface area contributed by atoms with Gasteiger partial charge in [-0.05, 0) is 30.3 Å². The van der Waals surface area contributed by atoms with Crippen molar-refractivity contribution in [3.8, 4) is 0 Å². The number of benzene rings is 1. The van der Waals surface area contributed by atoms with Crippen LogP contribution in [0, 0.1) is 11.6 Å². The Balaban J connectivity index is 1.79. The van der Waals surface area contributed by atoms with Gasteiger partial charge in [0.15, 0.2) is 0 Å². The molecule has 1 saturated heterocycles. The third-order valence-electron chi connectivity index (χ3n) is 4.01. The van der Waals surface area contributed by atoms with Gasteiger partial charge >= 0.3 is 0 Å². The molecule has 1 aliphatic heterocycles. The van der Waals surface area contributed by atoms with Crippen molar-refractivity contribution < 1.29 is 26.4 Å². The summed E-state index contributed by atoms with van der Waals surface area (Å²) in [5, 5.41) is 0. The molecule has 25 heavy (non-hydrogen) atoms. The molecule has 1 aliphatic rings. The average molecular weight is 372 g/mol. The minimum Gasteiger partial charge on any atom is -0.468 e. The Hall–Kier alpha value is -1.81. The van der Waals surface area contributed by atoms with E-state index in [0.717, 1.165) is 12.1 Å². The number of halogens is 2. The van der Waals surface area contributed by atoms with Crippen molar-refractivity contribution in [2.75, 3.05) is 32.8 Å². The van der Waals surface area contributed by atoms with Gasteiger partial charge in [0.25, 0.3) is 0 Å². The summed E-state index contributed by atoms with van der Waals surface area (Å²) in [5.41, 5.74) is 0. The first-order valence-electron chi connectivity index (χ1n) is 7.77. The molecule has 0 unspecified atom stereocenters. The fourth-order valence-electron chi connectivity index (χ4n) is 2.73. The Morgan fingerprint density at radius 3 is 2.64 bits per heavy atom. The summed E-state index contributed by atoms with van der Waals surface area (Å²) >= 11 is 0. The first-order valence-corrected chi connectivity index (χ1v) is 9.25. The van der Waals surface area contributed by atoms with Gasteiger partial charge in [0.1, 0.15) is 22.3 Å². The van der Waals surface area contributed by atoms with Crippen LogP contribution < -0.4 is 4.72 Å². The second-order valence-corrected chi connectivity index (χ2v) is 7.34. The van der Waals surface area contributed by atoms with E-state index in [4.69, 9.17) is 9.15 Å². The third kappa shape index (κ3) is 4.24. The largest absolute Gasteiger partial charge is 0.468 e. The zero-order valence-corrected chi connectivity index (χ0v) is 14.1. The molecule has 1 aromatic heterocycles. The molecule has 1 N–H and O–H groups in total. The number of sulfonamides is 1. The molecule has 0 bridgehead atoms. The Morgan fingerprint density at radius 2 is 1.96 bits per heavy atom. The smallest absolute Gasteiger partial charge is 0.243 e. The lowest BCUT2D eigenvalue weighted by atomic mass is 10.2. The van der Waals surface area contributed by atoms with Crippen molar-refractivity contribution >= 4 is 10.0 Å². The molecule has 2 aromatic rings. The molecule has 6 nitrogen and oxygen atoms in total. The van der Waals surface area contributed by atoms with Crippen molar-refractivity contribution in [2.45, 2.75) is 10.9 Å². The fourth-order valence-corrected chi connectivity index (χ4v) is 3.85. The minimum atomic E-state index is -4.20. The predicted octanol–water partition coefficient (Wildman–Crippen LogP) is 1.91. The maximum absolute atomic E-state index is 13.8. The van der Waals surface area contributed by atoms with Crippen molar-refractivity contribution in [3.63, 3.8) is 0 Å². The number of furan rings is 1. The molecule has 2 heterocycles. The number of nitrogens with zero attached hydrogens (tertiary/aromatic N) is 1. The van der Waals surface area contributed by atoms with E-state index in [2.05, 4.69) is 4.72 Å². The monoisotopic (exact) mass is 372 g/mol. The quantitative estimate of drug-likeness (QED) is 0.839. The van der Waals surface area contributed by atoms with Crippen LogP contribution in [0.2, 0.25) is 0 Å². The second-order valence-electron chi connectivity index (χ2n) is 5.61. The highest BCUT2D eigenvalue weighted by molar-refractivity contribution is 7.89. The SMILES string of the molecule is O=S(=O)(NC[C@@H](c1ccco1)N1CCOCC1)c1cc(F)ccc1F. The van der Waals surface area contributed by atoms with Crippen LogP contribution in [0.1, 0.15) is 11.8 Å². The molecule has 0 saturated carbocycles. The number of nitrogens with one attached hydrogen (secondary N) is 1. The standard InChI is InChI=1S/C16H18F2N2O4S/c17-12-3-4-13(18)16(10-12)25(21,22)19-11-14(15-2-1-7-24-15)20-5-8-23-9-6-20/h1-4,7,10,14,19H,5-6,8-9,11H2/t14-/m0/s1. The van der Waals surface area contributed by atoms with E-state index in [1.165, 1.54) is 6.26 Å². The van der Waals surface area contributed by atoms with Gasteiger partial charge in [-0.3, -0.25) is 4.90 Å². The molecule has 3 rings (SSSR count). The highest BCUT2D eigenvalue weighted by Crippen LogP contribution is 2.23. The van der Waals surface area contributed by atoms with E-state index in [9.17, 15) is 17.2 Å². The van der Waals surface area contributed by atoms with Gasteiger partial charge in [0.2, 0.25) is 10.0 Å². The minimum absolute atomic E-state index is 0.0359. The van der Waals surface area contributed by atoms with Gasteiger partial charge < -0.3 is 9.15 Å². The first kappa shape index (κ1) is 18.0. The van der Waals surface area contributed by atoms with Gasteiger partial charge in [0.05, 0.1) is 25.5 Å². The van der Waals surface area contributed by atoms with Crippen LogP contribution in [0.3, 0.4) is 0 Å². The fraction of sp³-hybridized carbons (Fsp3) is 0.375. The molecule has 1 fully saturated rings. The van der Waals surface area contributed by atoms with Gasteiger partial charge in [-0.2, -0.15) is 0 Å². The van der Waals surface area contributed by atoms with Crippen LogP contribution in [-0.4, -0.2) is 46.2 Å². The van der Waals surface area contributed by atoms with Gasteiger partial charge in [0, 0.05) is 19.6 Å².